The van der Waals surface area contributed by atoms with Crippen molar-refractivity contribution in [1.82, 2.24) is 5.32 Å². The van der Waals surface area contributed by atoms with Gasteiger partial charge in [0.05, 0.1) is 15.5 Å². The van der Waals surface area contributed by atoms with Crippen LogP contribution in [0.3, 0.4) is 0 Å². The molecular formula is C16H12ClF3N2O4. The first-order chi connectivity index (χ1) is 12.2. The Balaban J connectivity index is 1.89. The number of nitro groups is 1. The first-order valence-corrected chi connectivity index (χ1v) is 7.60. The lowest BCUT2D eigenvalue weighted by Crippen LogP contribution is -2.26. The van der Waals surface area contributed by atoms with Crippen LogP contribution in [0.1, 0.15) is 15.9 Å². The summed E-state index contributed by atoms with van der Waals surface area (Å²) < 4.78 is 40.0. The van der Waals surface area contributed by atoms with Crippen LogP contribution in [0.25, 0.3) is 0 Å². The third kappa shape index (κ3) is 5.62. The molecule has 0 aliphatic carbocycles. The van der Waals surface area contributed by atoms with Crippen LogP contribution < -0.4 is 10.1 Å². The van der Waals surface area contributed by atoms with Crippen molar-refractivity contribution >= 4 is 23.2 Å². The van der Waals surface area contributed by atoms with E-state index in [0.717, 1.165) is 6.07 Å². The van der Waals surface area contributed by atoms with E-state index in [1.807, 2.05) is 0 Å². The first kappa shape index (κ1) is 19.5. The highest BCUT2D eigenvalue weighted by molar-refractivity contribution is 6.34. The molecule has 0 bridgehead atoms. The van der Waals surface area contributed by atoms with E-state index in [2.05, 4.69) is 10.1 Å². The summed E-state index contributed by atoms with van der Waals surface area (Å²) in [7, 11) is 0. The van der Waals surface area contributed by atoms with Crippen LogP contribution in [-0.2, 0) is 6.42 Å². The molecule has 2 aromatic rings. The van der Waals surface area contributed by atoms with Crippen molar-refractivity contribution in [3.8, 4) is 5.75 Å². The van der Waals surface area contributed by atoms with E-state index in [0.29, 0.717) is 12.0 Å². The van der Waals surface area contributed by atoms with Gasteiger partial charge in [0, 0.05) is 18.7 Å². The molecule has 0 radical (unpaired) electrons. The van der Waals surface area contributed by atoms with E-state index < -0.39 is 17.2 Å². The zero-order valence-electron chi connectivity index (χ0n) is 13.0. The van der Waals surface area contributed by atoms with E-state index in [-0.39, 0.29) is 28.6 Å². The number of carbonyl (C=O) groups excluding carboxylic acids is 1. The average molecular weight is 389 g/mol. The second kappa shape index (κ2) is 8.05. The third-order valence-electron chi connectivity index (χ3n) is 3.26. The summed E-state index contributed by atoms with van der Waals surface area (Å²) in [5.41, 5.74) is 0.550. The summed E-state index contributed by atoms with van der Waals surface area (Å²) in [6.45, 7) is 0.200. The fourth-order valence-corrected chi connectivity index (χ4v) is 2.34. The first-order valence-electron chi connectivity index (χ1n) is 7.22. The minimum atomic E-state index is -4.75. The van der Waals surface area contributed by atoms with Crippen molar-refractivity contribution in [2.45, 2.75) is 12.8 Å². The van der Waals surface area contributed by atoms with Gasteiger partial charge in [0.15, 0.2) is 0 Å². The highest BCUT2D eigenvalue weighted by atomic mass is 35.5. The number of hydrogen-bond donors (Lipinski definition) is 1. The minimum absolute atomic E-state index is 0.0506. The second-order valence-corrected chi connectivity index (χ2v) is 5.53. The largest absolute Gasteiger partial charge is 0.573 e. The maximum absolute atomic E-state index is 12.1. The number of hydrogen-bond acceptors (Lipinski definition) is 4. The summed E-state index contributed by atoms with van der Waals surface area (Å²) in [6.07, 6.45) is -4.39. The predicted octanol–water partition coefficient (Wildman–Crippen LogP) is 4.12. The molecule has 0 aliphatic rings. The maximum atomic E-state index is 12.1. The normalized spacial score (nSPS) is 11.1. The summed E-state index contributed by atoms with van der Waals surface area (Å²) in [5.74, 6) is -0.843. The van der Waals surface area contributed by atoms with E-state index in [9.17, 15) is 28.1 Å². The molecule has 1 amide bonds. The quantitative estimate of drug-likeness (QED) is 0.596. The van der Waals surface area contributed by atoms with Crippen molar-refractivity contribution < 1.29 is 27.6 Å². The molecule has 2 rings (SSSR count). The average Bonchev–Trinajstić information content (AvgIpc) is 2.54. The third-order valence-corrected chi connectivity index (χ3v) is 3.58. The number of carbonyl (C=O) groups is 1. The Labute approximate surface area is 150 Å². The van der Waals surface area contributed by atoms with Crippen LogP contribution in [0.15, 0.2) is 42.5 Å². The number of benzene rings is 2. The van der Waals surface area contributed by atoms with Crippen molar-refractivity contribution in [1.29, 1.82) is 0 Å². The zero-order valence-corrected chi connectivity index (χ0v) is 13.8. The number of nitrogens with zero attached hydrogens (tertiary/aromatic N) is 1. The molecule has 26 heavy (non-hydrogen) atoms. The smallest absolute Gasteiger partial charge is 0.406 e. The monoisotopic (exact) mass is 388 g/mol. The summed E-state index contributed by atoms with van der Waals surface area (Å²) >= 11 is 5.86. The van der Waals surface area contributed by atoms with Crippen LogP contribution in [0.5, 0.6) is 5.75 Å². The molecule has 0 spiro atoms. The number of nitrogens with one attached hydrogen (secondary N) is 1. The Bertz CT molecular complexity index is 810. The standard InChI is InChI=1S/C16H12ClF3N2O4/c17-14-9-11(22(24)25)3-6-13(14)15(23)21-8-7-10-1-4-12(5-2-10)26-16(18,19)20/h1-6,9H,7-8H2,(H,21,23). The Hall–Kier alpha value is -2.81. The lowest BCUT2D eigenvalue weighted by molar-refractivity contribution is -0.384. The molecule has 138 valence electrons. The number of amides is 1. The molecule has 0 fully saturated rings. The van der Waals surface area contributed by atoms with E-state index >= 15 is 0 Å². The van der Waals surface area contributed by atoms with Crippen LogP contribution in [0.2, 0.25) is 5.02 Å². The molecule has 0 saturated heterocycles. The summed E-state index contributed by atoms with van der Waals surface area (Å²) in [4.78, 5) is 22.1. The zero-order chi connectivity index (χ0) is 19.3. The molecule has 10 heteroatoms. The van der Waals surface area contributed by atoms with Gasteiger partial charge in [0.2, 0.25) is 0 Å². The van der Waals surface area contributed by atoms with Crippen LogP contribution in [-0.4, -0.2) is 23.7 Å². The van der Waals surface area contributed by atoms with Crippen molar-refractivity contribution in [2.24, 2.45) is 0 Å². The number of non-ortho nitro benzene ring substituents is 1. The highest BCUT2D eigenvalue weighted by Gasteiger charge is 2.30. The van der Waals surface area contributed by atoms with E-state index in [1.54, 1.807) is 0 Å². The number of ether oxygens (including phenoxy) is 1. The van der Waals surface area contributed by atoms with Crippen LogP contribution in [0, 0.1) is 10.1 Å². The molecular weight excluding hydrogens is 377 g/mol. The molecule has 0 atom stereocenters. The van der Waals surface area contributed by atoms with Crippen molar-refractivity contribution in [3.05, 3.63) is 68.7 Å². The molecule has 0 saturated carbocycles. The van der Waals surface area contributed by atoms with Crippen LogP contribution >= 0.6 is 11.6 Å². The van der Waals surface area contributed by atoms with Gasteiger partial charge in [-0.25, -0.2) is 0 Å². The van der Waals surface area contributed by atoms with Gasteiger partial charge in [-0.05, 0) is 30.2 Å². The summed E-state index contributed by atoms with van der Waals surface area (Å²) in [6, 6.07) is 8.75. The fraction of sp³-hybridized carbons (Fsp3) is 0.188. The van der Waals surface area contributed by atoms with Crippen molar-refractivity contribution in [2.75, 3.05) is 6.54 Å². The fourth-order valence-electron chi connectivity index (χ4n) is 2.08. The molecule has 0 heterocycles. The van der Waals surface area contributed by atoms with Gasteiger partial charge in [-0.1, -0.05) is 23.7 Å². The number of rotatable bonds is 6. The van der Waals surface area contributed by atoms with E-state index in [4.69, 9.17) is 11.6 Å². The van der Waals surface area contributed by atoms with Gasteiger partial charge in [0.1, 0.15) is 5.75 Å². The lowest BCUT2D eigenvalue weighted by Gasteiger charge is -2.10. The highest BCUT2D eigenvalue weighted by Crippen LogP contribution is 2.23. The predicted molar refractivity (Wildman–Crippen MR) is 87.3 cm³/mol. The topological polar surface area (TPSA) is 81.5 Å². The van der Waals surface area contributed by atoms with Gasteiger partial charge in [-0.2, -0.15) is 0 Å². The van der Waals surface area contributed by atoms with Gasteiger partial charge in [0.25, 0.3) is 11.6 Å². The van der Waals surface area contributed by atoms with Gasteiger partial charge < -0.3 is 10.1 Å². The number of halogens is 4. The lowest BCUT2D eigenvalue weighted by atomic mass is 10.1. The van der Waals surface area contributed by atoms with Gasteiger partial charge in [-0.15, -0.1) is 13.2 Å². The Kier molecular flexibility index (Phi) is 6.04. The Morgan fingerprint density at radius 2 is 1.85 bits per heavy atom. The number of nitro benzene ring substituents is 1. The molecule has 0 aliphatic heterocycles. The minimum Gasteiger partial charge on any atom is -0.406 e. The maximum Gasteiger partial charge on any atom is 0.573 e. The Morgan fingerprint density at radius 1 is 1.19 bits per heavy atom. The second-order valence-electron chi connectivity index (χ2n) is 5.12. The molecule has 0 aromatic heterocycles. The van der Waals surface area contributed by atoms with Gasteiger partial charge >= 0.3 is 6.36 Å². The van der Waals surface area contributed by atoms with E-state index in [1.165, 1.54) is 36.4 Å². The SMILES string of the molecule is O=C(NCCc1ccc(OC(F)(F)F)cc1)c1ccc([N+](=O)[O-])cc1Cl. The van der Waals surface area contributed by atoms with Crippen molar-refractivity contribution in [3.63, 3.8) is 0 Å². The molecule has 2 aromatic carbocycles. The van der Waals surface area contributed by atoms with Gasteiger partial charge in [-0.3, -0.25) is 14.9 Å². The molecule has 0 unspecified atom stereocenters. The molecule has 1 N–H and O–H groups in total. The van der Waals surface area contributed by atoms with Crippen LogP contribution in [0.4, 0.5) is 18.9 Å². The summed E-state index contributed by atoms with van der Waals surface area (Å²) in [5, 5.41) is 13.2. The molecule has 6 nitrogen and oxygen atoms in total. The number of alkyl halides is 3. The Morgan fingerprint density at radius 3 is 2.38 bits per heavy atom.